The highest BCUT2D eigenvalue weighted by molar-refractivity contribution is 5.85. The second-order valence-electron chi connectivity index (χ2n) is 5.83. The Kier molecular flexibility index (Phi) is 6.75. The third-order valence-electron chi connectivity index (χ3n) is 4.63. The SMILES string of the molecule is CC(c1ccc(F)c(F)c1)N(C)C(=O)[C@@H]1CCC[C@@H]1CN.Cl. The fourth-order valence-corrected chi connectivity index (χ4v) is 3.09. The van der Waals surface area contributed by atoms with Crippen LogP contribution in [0.3, 0.4) is 0 Å². The molecule has 0 saturated heterocycles. The lowest BCUT2D eigenvalue weighted by Crippen LogP contribution is -2.38. The van der Waals surface area contributed by atoms with Crippen molar-refractivity contribution in [1.29, 1.82) is 0 Å². The molecule has 6 heteroatoms. The minimum Gasteiger partial charge on any atom is -0.339 e. The van der Waals surface area contributed by atoms with E-state index in [-0.39, 0.29) is 36.2 Å². The predicted octanol–water partition coefficient (Wildman–Crippen LogP) is 3.28. The molecular weight excluding hydrogens is 310 g/mol. The summed E-state index contributed by atoms with van der Waals surface area (Å²) in [4.78, 5) is 14.2. The van der Waals surface area contributed by atoms with Crippen LogP contribution in [0.1, 0.15) is 37.8 Å². The highest BCUT2D eigenvalue weighted by Crippen LogP contribution is 2.34. The second kappa shape index (κ2) is 7.88. The average Bonchev–Trinajstić information content (AvgIpc) is 2.96. The fourth-order valence-electron chi connectivity index (χ4n) is 3.09. The molecule has 0 spiro atoms. The second-order valence-corrected chi connectivity index (χ2v) is 5.83. The van der Waals surface area contributed by atoms with Gasteiger partial charge in [-0.15, -0.1) is 12.4 Å². The Hall–Kier alpha value is -1.20. The highest BCUT2D eigenvalue weighted by Gasteiger charge is 2.35. The summed E-state index contributed by atoms with van der Waals surface area (Å²) in [6, 6.07) is 3.46. The number of halogens is 3. The van der Waals surface area contributed by atoms with Crippen LogP contribution in [0.25, 0.3) is 0 Å². The van der Waals surface area contributed by atoms with E-state index in [9.17, 15) is 13.6 Å². The van der Waals surface area contributed by atoms with Gasteiger partial charge in [-0.25, -0.2) is 8.78 Å². The van der Waals surface area contributed by atoms with Crippen molar-refractivity contribution < 1.29 is 13.6 Å². The van der Waals surface area contributed by atoms with Gasteiger partial charge in [-0.2, -0.15) is 0 Å². The molecule has 3 nitrogen and oxygen atoms in total. The Morgan fingerprint density at radius 3 is 2.64 bits per heavy atom. The van der Waals surface area contributed by atoms with E-state index in [2.05, 4.69) is 0 Å². The lowest BCUT2D eigenvalue weighted by Gasteiger charge is -2.30. The molecule has 124 valence electrons. The number of nitrogens with two attached hydrogens (primary N) is 1. The van der Waals surface area contributed by atoms with Crippen molar-refractivity contribution in [3.8, 4) is 0 Å². The summed E-state index contributed by atoms with van der Waals surface area (Å²) in [6.45, 7) is 2.33. The van der Waals surface area contributed by atoms with Gasteiger partial charge in [-0.3, -0.25) is 4.79 Å². The Labute approximate surface area is 136 Å². The maximum atomic E-state index is 13.3. The maximum absolute atomic E-state index is 13.3. The van der Waals surface area contributed by atoms with Crippen LogP contribution < -0.4 is 5.73 Å². The maximum Gasteiger partial charge on any atom is 0.226 e. The largest absolute Gasteiger partial charge is 0.339 e. The topological polar surface area (TPSA) is 46.3 Å². The Balaban J connectivity index is 0.00000242. The van der Waals surface area contributed by atoms with Gasteiger partial charge in [0, 0.05) is 13.0 Å². The molecule has 0 heterocycles. The number of nitrogens with zero attached hydrogens (tertiary/aromatic N) is 1. The predicted molar refractivity (Wildman–Crippen MR) is 84.7 cm³/mol. The van der Waals surface area contributed by atoms with Gasteiger partial charge in [0.2, 0.25) is 5.91 Å². The van der Waals surface area contributed by atoms with Crippen LogP contribution in [0.2, 0.25) is 0 Å². The average molecular weight is 333 g/mol. The number of amides is 1. The number of hydrogen-bond donors (Lipinski definition) is 1. The lowest BCUT2D eigenvalue weighted by molar-refractivity contribution is -0.137. The molecule has 1 aliphatic carbocycles. The molecular formula is C16H23ClF2N2O. The number of rotatable bonds is 4. The van der Waals surface area contributed by atoms with Crippen molar-refractivity contribution in [2.75, 3.05) is 13.6 Å². The number of benzene rings is 1. The molecule has 0 bridgehead atoms. The summed E-state index contributed by atoms with van der Waals surface area (Å²) in [5, 5.41) is 0. The first kappa shape index (κ1) is 18.8. The van der Waals surface area contributed by atoms with Gasteiger partial charge in [0.15, 0.2) is 11.6 Å². The number of hydrogen-bond acceptors (Lipinski definition) is 2. The highest BCUT2D eigenvalue weighted by atomic mass is 35.5. The smallest absolute Gasteiger partial charge is 0.226 e. The third kappa shape index (κ3) is 3.76. The van der Waals surface area contributed by atoms with E-state index in [0.29, 0.717) is 12.1 Å². The van der Waals surface area contributed by atoms with E-state index < -0.39 is 11.6 Å². The van der Waals surface area contributed by atoms with Crippen LogP contribution in [-0.2, 0) is 4.79 Å². The van der Waals surface area contributed by atoms with E-state index in [0.717, 1.165) is 31.4 Å². The molecule has 2 rings (SSSR count). The third-order valence-corrected chi connectivity index (χ3v) is 4.63. The summed E-state index contributed by atoms with van der Waals surface area (Å²) >= 11 is 0. The monoisotopic (exact) mass is 332 g/mol. The Morgan fingerprint density at radius 1 is 1.36 bits per heavy atom. The number of carbonyl (C=O) groups is 1. The molecule has 2 N–H and O–H groups in total. The molecule has 22 heavy (non-hydrogen) atoms. The summed E-state index contributed by atoms with van der Waals surface area (Å²) in [7, 11) is 1.71. The minimum absolute atomic E-state index is 0. The first-order valence-electron chi connectivity index (χ1n) is 7.37. The zero-order chi connectivity index (χ0) is 15.6. The van der Waals surface area contributed by atoms with Gasteiger partial charge in [0.1, 0.15) is 0 Å². The molecule has 1 unspecified atom stereocenters. The first-order valence-corrected chi connectivity index (χ1v) is 7.37. The molecule has 1 aromatic rings. The quantitative estimate of drug-likeness (QED) is 0.919. The van der Waals surface area contributed by atoms with Gasteiger partial charge in [-0.1, -0.05) is 12.5 Å². The molecule has 0 aliphatic heterocycles. The van der Waals surface area contributed by atoms with Crippen molar-refractivity contribution in [3.05, 3.63) is 35.4 Å². The van der Waals surface area contributed by atoms with Crippen LogP contribution in [0.5, 0.6) is 0 Å². The molecule has 0 aromatic heterocycles. The molecule has 1 saturated carbocycles. The zero-order valence-electron chi connectivity index (χ0n) is 12.9. The molecule has 1 amide bonds. The van der Waals surface area contributed by atoms with E-state index in [1.165, 1.54) is 6.07 Å². The van der Waals surface area contributed by atoms with Crippen molar-refractivity contribution in [2.45, 2.75) is 32.2 Å². The molecule has 3 atom stereocenters. The summed E-state index contributed by atoms with van der Waals surface area (Å²) < 4.78 is 26.3. The standard InChI is InChI=1S/C16H22F2N2O.ClH/c1-10(11-6-7-14(17)15(18)8-11)20(2)16(21)13-5-3-4-12(13)9-19;/h6-8,10,12-13H,3-5,9,19H2,1-2H3;1H/t10?,12-,13-;/m1./s1. The van der Waals surface area contributed by atoms with E-state index in [1.54, 1.807) is 11.9 Å². The summed E-state index contributed by atoms with van der Waals surface area (Å²) in [6.07, 6.45) is 2.86. The van der Waals surface area contributed by atoms with Gasteiger partial charge in [0.05, 0.1) is 6.04 Å². The van der Waals surface area contributed by atoms with Crippen LogP contribution in [0.15, 0.2) is 18.2 Å². The summed E-state index contributed by atoms with van der Waals surface area (Å²) in [5.74, 6) is -1.54. The van der Waals surface area contributed by atoms with Gasteiger partial charge in [0.25, 0.3) is 0 Å². The van der Waals surface area contributed by atoms with E-state index in [4.69, 9.17) is 5.73 Å². The molecule has 1 aliphatic rings. The van der Waals surface area contributed by atoms with E-state index >= 15 is 0 Å². The van der Waals surface area contributed by atoms with Gasteiger partial charge >= 0.3 is 0 Å². The van der Waals surface area contributed by atoms with Crippen LogP contribution in [0.4, 0.5) is 8.78 Å². The van der Waals surface area contributed by atoms with Crippen molar-refractivity contribution in [3.63, 3.8) is 0 Å². The normalized spacial score (nSPS) is 22.0. The molecule has 1 aromatic carbocycles. The molecule has 0 radical (unpaired) electrons. The van der Waals surface area contributed by atoms with Crippen molar-refractivity contribution in [2.24, 2.45) is 17.6 Å². The minimum atomic E-state index is -0.888. The van der Waals surface area contributed by atoms with Crippen LogP contribution >= 0.6 is 12.4 Å². The molecule has 1 fully saturated rings. The Morgan fingerprint density at radius 2 is 2.05 bits per heavy atom. The lowest BCUT2D eigenvalue weighted by atomic mass is 9.94. The van der Waals surface area contributed by atoms with Gasteiger partial charge in [-0.05, 0) is 49.9 Å². The van der Waals surface area contributed by atoms with Crippen molar-refractivity contribution in [1.82, 2.24) is 4.90 Å². The van der Waals surface area contributed by atoms with Crippen LogP contribution in [0, 0.1) is 23.5 Å². The number of carbonyl (C=O) groups excluding carboxylic acids is 1. The first-order chi connectivity index (χ1) is 9.95. The van der Waals surface area contributed by atoms with E-state index in [1.807, 2.05) is 6.92 Å². The van der Waals surface area contributed by atoms with Crippen molar-refractivity contribution >= 4 is 18.3 Å². The van der Waals surface area contributed by atoms with Crippen LogP contribution in [-0.4, -0.2) is 24.4 Å². The zero-order valence-corrected chi connectivity index (χ0v) is 13.7. The van der Waals surface area contributed by atoms with Gasteiger partial charge < -0.3 is 10.6 Å². The fraction of sp³-hybridized carbons (Fsp3) is 0.562. The Bertz CT molecular complexity index is 527. The summed E-state index contributed by atoms with van der Waals surface area (Å²) in [5.41, 5.74) is 6.31.